The van der Waals surface area contributed by atoms with Crippen molar-refractivity contribution in [2.45, 2.75) is 23.3 Å². The lowest BCUT2D eigenvalue weighted by Crippen LogP contribution is -2.04. The molecule has 0 saturated carbocycles. The highest BCUT2D eigenvalue weighted by Crippen LogP contribution is 2.33. The lowest BCUT2D eigenvalue weighted by atomic mass is 10.2. The first kappa shape index (κ1) is 14.0. The summed E-state index contributed by atoms with van der Waals surface area (Å²) in [5.41, 5.74) is 7.97. The third-order valence-corrected chi connectivity index (χ3v) is 4.13. The Morgan fingerprint density at radius 2 is 2.21 bits per heavy atom. The molecule has 1 aromatic heterocycles. The number of hydrogen-bond donors (Lipinski definition) is 1. The Labute approximate surface area is 117 Å². The van der Waals surface area contributed by atoms with E-state index in [1.54, 1.807) is 18.9 Å². The average molecular weight is 277 g/mol. The number of aromatic nitrogens is 2. The topological polar surface area (TPSA) is 53.1 Å². The number of rotatable bonds is 5. The van der Waals surface area contributed by atoms with Crippen LogP contribution in [0, 0.1) is 6.92 Å². The molecule has 0 bridgehead atoms. The summed E-state index contributed by atoms with van der Waals surface area (Å²) < 4.78 is 7.17. The second-order valence-electron chi connectivity index (χ2n) is 4.31. The second kappa shape index (κ2) is 6.12. The minimum atomic E-state index is 0.637. The van der Waals surface area contributed by atoms with Gasteiger partial charge in [-0.1, -0.05) is 17.8 Å². The van der Waals surface area contributed by atoms with E-state index >= 15 is 0 Å². The van der Waals surface area contributed by atoms with Crippen molar-refractivity contribution in [2.75, 3.05) is 13.7 Å². The van der Waals surface area contributed by atoms with Crippen LogP contribution < -0.4 is 10.5 Å². The fourth-order valence-corrected chi connectivity index (χ4v) is 3.11. The van der Waals surface area contributed by atoms with E-state index in [-0.39, 0.29) is 0 Å². The van der Waals surface area contributed by atoms with Crippen molar-refractivity contribution >= 4 is 11.8 Å². The summed E-state index contributed by atoms with van der Waals surface area (Å²) in [7, 11) is 3.65. The first-order chi connectivity index (χ1) is 9.15. The average Bonchev–Trinajstić information content (AvgIpc) is 2.66. The Hall–Kier alpha value is -1.46. The summed E-state index contributed by atoms with van der Waals surface area (Å²) in [4.78, 5) is 1.14. The molecule has 0 unspecified atom stereocenters. The molecule has 0 amide bonds. The van der Waals surface area contributed by atoms with Crippen molar-refractivity contribution in [3.8, 4) is 5.75 Å². The van der Waals surface area contributed by atoms with E-state index in [9.17, 15) is 0 Å². The lowest BCUT2D eigenvalue weighted by Gasteiger charge is -2.07. The van der Waals surface area contributed by atoms with Crippen molar-refractivity contribution in [3.63, 3.8) is 0 Å². The Bertz CT molecular complexity index is 566. The fourth-order valence-electron chi connectivity index (χ4n) is 2.02. The molecule has 0 fully saturated rings. The quantitative estimate of drug-likeness (QED) is 0.911. The molecule has 0 radical (unpaired) electrons. The van der Waals surface area contributed by atoms with Gasteiger partial charge in [-0.25, -0.2) is 0 Å². The van der Waals surface area contributed by atoms with Crippen LogP contribution >= 0.6 is 11.8 Å². The van der Waals surface area contributed by atoms with E-state index in [4.69, 9.17) is 10.5 Å². The highest BCUT2D eigenvalue weighted by Gasteiger charge is 2.14. The van der Waals surface area contributed by atoms with Crippen molar-refractivity contribution in [1.29, 1.82) is 0 Å². The summed E-state index contributed by atoms with van der Waals surface area (Å²) in [6, 6.07) is 8.04. The number of ether oxygens (including phenoxy) is 1. The van der Waals surface area contributed by atoms with Crippen LogP contribution in [0.3, 0.4) is 0 Å². The number of benzene rings is 1. The Balaban J connectivity index is 2.31. The minimum absolute atomic E-state index is 0.637. The van der Waals surface area contributed by atoms with E-state index in [0.29, 0.717) is 6.54 Å². The van der Waals surface area contributed by atoms with Gasteiger partial charge >= 0.3 is 0 Å². The number of methoxy groups -OCH3 is 1. The Morgan fingerprint density at radius 3 is 2.89 bits per heavy atom. The highest BCUT2D eigenvalue weighted by molar-refractivity contribution is 7.99. The van der Waals surface area contributed by atoms with Gasteiger partial charge in [-0.3, -0.25) is 4.68 Å². The van der Waals surface area contributed by atoms with Crippen LogP contribution in [0.5, 0.6) is 5.75 Å². The largest absolute Gasteiger partial charge is 0.497 e. The summed E-state index contributed by atoms with van der Waals surface area (Å²) in [5.74, 6) is 0.865. The number of nitrogens with two attached hydrogens (primary N) is 1. The molecule has 0 saturated heterocycles. The van der Waals surface area contributed by atoms with Gasteiger partial charge in [-0.15, -0.1) is 0 Å². The fraction of sp³-hybridized carbons (Fsp3) is 0.357. The zero-order valence-electron chi connectivity index (χ0n) is 11.5. The van der Waals surface area contributed by atoms with E-state index in [1.807, 2.05) is 36.9 Å². The summed E-state index contributed by atoms with van der Waals surface area (Å²) in [6.07, 6.45) is 0.853. The van der Waals surface area contributed by atoms with Crippen molar-refractivity contribution in [3.05, 3.63) is 35.5 Å². The molecule has 0 atom stereocenters. The van der Waals surface area contributed by atoms with Gasteiger partial charge in [0, 0.05) is 17.5 Å². The molecule has 0 aliphatic rings. The molecular weight excluding hydrogens is 258 g/mol. The summed E-state index contributed by atoms with van der Waals surface area (Å²) in [6.45, 7) is 2.67. The smallest absolute Gasteiger partial charge is 0.119 e. The molecule has 0 spiro atoms. The maximum absolute atomic E-state index is 5.68. The minimum Gasteiger partial charge on any atom is -0.497 e. The third-order valence-electron chi connectivity index (χ3n) is 2.94. The van der Waals surface area contributed by atoms with Crippen LogP contribution in [0.25, 0.3) is 0 Å². The number of nitrogens with zero attached hydrogens (tertiary/aromatic N) is 2. The van der Waals surface area contributed by atoms with E-state index < -0.39 is 0 Å². The lowest BCUT2D eigenvalue weighted by molar-refractivity contribution is 0.413. The molecule has 1 heterocycles. The molecule has 1 aromatic carbocycles. The molecule has 2 N–H and O–H groups in total. The predicted molar refractivity (Wildman–Crippen MR) is 77.8 cm³/mol. The molecule has 102 valence electrons. The molecule has 4 nitrogen and oxygen atoms in total. The van der Waals surface area contributed by atoms with Gasteiger partial charge in [-0.2, -0.15) is 5.10 Å². The van der Waals surface area contributed by atoms with E-state index in [0.717, 1.165) is 27.8 Å². The van der Waals surface area contributed by atoms with Gasteiger partial charge in [0.15, 0.2) is 0 Å². The predicted octanol–water partition coefficient (Wildman–Crippen LogP) is 2.39. The SMILES string of the molecule is COc1cccc(Sc2c(CCN)c(C)nn2C)c1. The number of hydrogen-bond acceptors (Lipinski definition) is 4. The van der Waals surface area contributed by atoms with Gasteiger partial charge < -0.3 is 10.5 Å². The first-order valence-electron chi connectivity index (χ1n) is 6.20. The van der Waals surface area contributed by atoms with Crippen molar-refractivity contribution < 1.29 is 4.74 Å². The Kier molecular flexibility index (Phi) is 4.50. The summed E-state index contributed by atoms with van der Waals surface area (Å²) >= 11 is 1.70. The maximum Gasteiger partial charge on any atom is 0.119 e. The molecule has 0 aliphatic heterocycles. The van der Waals surface area contributed by atoms with Crippen LogP contribution in [0.1, 0.15) is 11.3 Å². The van der Waals surface area contributed by atoms with Crippen molar-refractivity contribution in [2.24, 2.45) is 12.8 Å². The highest BCUT2D eigenvalue weighted by atomic mass is 32.2. The maximum atomic E-state index is 5.68. The van der Waals surface area contributed by atoms with Gasteiger partial charge in [-0.05, 0) is 38.1 Å². The van der Waals surface area contributed by atoms with Gasteiger partial charge in [0.25, 0.3) is 0 Å². The normalized spacial score (nSPS) is 10.7. The molecule has 0 aliphatic carbocycles. The third kappa shape index (κ3) is 3.11. The zero-order chi connectivity index (χ0) is 13.8. The molecule has 5 heteroatoms. The molecule has 2 aromatic rings. The standard InChI is InChI=1S/C14H19N3OS/c1-10-13(7-8-15)14(17(2)16-10)19-12-6-4-5-11(9-12)18-3/h4-6,9H,7-8,15H2,1-3H3. The van der Waals surface area contributed by atoms with Crippen molar-refractivity contribution in [1.82, 2.24) is 9.78 Å². The van der Waals surface area contributed by atoms with E-state index in [2.05, 4.69) is 11.2 Å². The molecule has 19 heavy (non-hydrogen) atoms. The summed E-state index contributed by atoms with van der Waals surface area (Å²) in [5, 5.41) is 5.63. The van der Waals surface area contributed by atoms with Crippen LogP contribution in [0.2, 0.25) is 0 Å². The van der Waals surface area contributed by atoms with Gasteiger partial charge in [0.1, 0.15) is 10.8 Å². The number of aryl methyl sites for hydroxylation is 2. The van der Waals surface area contributed by atoms with Crippen LogP contribution in [0.4, 0.5) is 0 Å². The second-order valence-corrected chi connectivity index (χ2v) is 5.37. The molecular formula is C14H19N3OS. The molecule has 2 rings (SSSR count). The monoisotopic (exact) mass is 277 g/mol. The van der Waals surface area contributed by atoms with Gasteiger partial charge in [0.05, 0.1) is 12.8 Å². The zero-order valence-corrected chi connectivity index (χ0v) is 12.3. The first-order valence-corrected chi connectivity index (χ1v) is 7.01. The van der Waals surface area contributed by atoms with E-state index in [1.165, 1.54) is 5.56 Å². The Morgan fingerprint density at radius 1 is 1.42 bits per heavy atom. The van der Waals surface area contributed by atoms with Crippen LogP contribution in [-0.4, -0.2) is 23.4 Å². The van der Waals surface area contributed by atoms with Crippen LogP contribution in [-0.2, 0) is 13.5 Å². The van der Waals surface area contributed by atoms with Gasteiger partial charge in [0.2, 0.25) is 0 Å². The van der Waals surface area contributed by atoms with Crippen LogP contribution in [0.15, 0.2) is 34.2 Å².